The molecule has 134 valence electrons. The summed E-state index contributed by atoms with van der Waals surface area (Å²) in [5, 5.41) is 11.1. The highest BCUT2D eigenvalue weighted by atomic mass is 35.5. The molecule has 2 aromatic rings. The Kier molecular flexibility index (Phi) is 5.96. The minimum absolute atomic E-state index is 0.236. The molecule has 3 rings (SSSR count). The van der Waals surface area contributed by atoms with E-state index in [1.807, 2.05) is 0 Å². The largest absolute Gasteiger partial charge is 0.360 e. The van der Waals surface area contributed by atoms with Gasteiger partial charge in [0.1, 0.15) is 17.0 Å². The summed E-state index contributed by atoms with van der Waals surface area (Å²) >= 11 is 12.5. The van der Waals surface area contributed by atoms with Crippen molar-refractivity contribution in [3.8, 4) is 11.3 Å². The molecule has 1 aliphatic rings. The van der Waals surface area contributed by atoms with Gasteiger partial charge in [-0.25, -0.2) is 0 Å². The van der Waals surface area contributed by atoms with Crippen molar-refractivity contribution >= 4 is 29.1 Å². The maximum atomic E-state index is 12.7. The number of rotatable bonds is 5. The summed E-state index contributed by atoms with van der Waals surface area (Å²) in [7, 11) is 0. The smallest absolute Gasteiger partial charge is 0.257 e. The summed E-state index contributed by atoms with van der Waals surface area (Å²) in [5.74, 6) is 0.200. The topological polar surface area (TPSA) is 70.4 Å². The van der Waals surface area contributed by atoms with Crippen LogP contribution in [-0.4, -0.2) is 55.2 Å². The zero-order valence-electron chi connectivity index (χ0n) is 13.9. The Labute approximate surface area is 156 Å². The first-order valence-corrected chi connectivity index (χ1v) is 8.95. The normalized spacial score (nSPS) is 15.3. The highest BCUT2D eigenvalue weighted by Gasteiger charge is 2.24. The summed E-state index contributed by atoms with van der Waals surface area (Å²) in [4.78, 5) is 15.0. The fraction of sp³-hybridized carbons (Fsp3) is 0.412. The minimum atomic E-state index is -0.236. The number of nitrogens with zero attached hydrogens (tertiary/aromatic N) is 2. The number of carbonyl (C=O) groups excluding carboxylic acids is 1. The van der Waals surface area contributed by atoms with E-state index >= 15 is 0 Å². The van der Waals surface area contributed by atoms with Crippen LogP contribution in [0.15, 0.2) is 22.7 Å². The number of piperazine rings is 1. The number of halogens is 2. The van der Waals surface area contributed by atoms with Gasteiger partial charge in [-0.05, 0) is 19.1 Å². The number of benzene rings is 1. The Bertz CT molecular complexity index is 737. The van der Waals surface area contributed by atoms with Gasteiger partial charge in [-0.15, -0.1) is 0 Å². The molecular formula is C17H20Cl2N4O2. The second-order valence-corrected chi connectivity index (χ2v) is 6.72. The molecule has 1 aromatic heterocycles. The Morgan fingerprint density at radius 3 is 2.68 bits per heavy atom. The van der Waals surface area contributed by atoms with E-state index in [9.17, 15) is 4.79 Å². The van der Waals surface area contributed by atoms with Crippen LogP contribution in [-0.2, 0) is 0 Å². The number of hydrogen-bond acceptors (Lipinski definition) is 5. The van der Waals surface area contributed by atoms with Crippen molar-refractivity contribution in [2.75, 3.05) is 39.3 Å². The van der Waals surface area contributed by atoms with E-state index < -0.39 is 0 Å². The summed E-state index contributed by atoms with van der Waals surface area (Å²) in [6.45, 7) is 7.00. The van der Waals surface area contributed by atoms with Crippen molar-refractivity contribution in [3.05, 3.63) is 39.6 Å². The number of aromatic nitrogens is 1. The Morgan fingerprint density at radius 1 is 1.32 bits per heavy atom. The molecule has 1 saturated heterocycles. The second-order valence-electron chi connectivity index (χ2n) is 5.91. The number of amides is 1. The van der Waals surface area contributed by atoms with Crippen LogP contribution in [0, 0.1) is 6.92 Å². The molecule has 2 heterocycles. The van der Waals surface area contributed by atoms with E-state index in [4.69, 9.17) is 27.7 Å². The summed E-state index contributed by atoms with van der Waals surface area (Å²) < 4.78 is 5.23. The molecule has 0 spiro atoms. The minimum Gasteiger partial charge on any atom is -0.360 e. The van der Waals surface area contributed by atoms with E-state index in [1.54, 1.807) is 25.1 Å². The van der Waals surface area contributed by atoms with Gasteiger partial charge in [0.2, 0.25) is 0 Å². The lowest BCUT2D eigenvalue weighted by molar-refractivity contribution is 0.0946. The van der Waals surface area contributed by atoms with Gasteiger partial charge in [-0.3, -0.25) is 9.69 Å². The van der Waals surface area contributed by atoms with Gasteiger partial charge in [0, 0.05) is 44.8 Å². The molecule has 8 heteroatoms. The molecule has 0 unspecified atom stereocenters. The van der Waals surface area contributed by atoms with Crippen LogP contribution in [0.25, 0.3) is 11.3 Å². The van der Waals surface area contributed by atoms with E-state index in [2.05, 4.69) is 20.7 Å². The molecule has 1 aromatic carbocycles. The third-order valence-electron chi connectivity index (χ3n) is 4.21. The summed E-state index contributed by atoms with van der Waals surface area (Å²) in [5.41, 5.74) is 1.25. The number of hydrogen-bond donors (Lipinski definition) is 2. The number of aryl methyl sites for hydroxylation is 1. The molecule has 0 aliphatic carbocycles. The Balaban J connectivity index is 1.73. The van der Waals surface area contributed by atoms with Gasteiger partial charge in [-0.2, -0.15) is 0 Å². The van der Waals surface area contributed by atoms with Crippen molar-refractivity contribution in [2.24, 2.45) is 0 Å². The molecule has 0 bridgehead atoms. The van der Waals surface area contributed by atoms with Crippen LogP contribution in [0.4, 0.5) is 0 Å². The fourth-order valence-electron chi connectivity index (χ4n) is 2.88. The Morgan fingerprint density at radius 2 is 2.00 bits per heavy atom. The van der Waals surface area contributed by atoms with Crippen LogP contribution >= 0.6 is 23.2 Å². The molecule has 0 atom stereocenters. The van der Waals surface area contributed by atoms with Crippen molar-refractivity contribution in [2.45, 2.75) is 6.92 Å². The molecule has 2 N–H and O–H groups in total. The van der Waals surface area contributed by atoms with Crippen LogP contribution in [0.2, 0.25) is 10.0 Å². The molecular weight excluding hydrogens is 363 g/mol. The Hall–Kier alpha value is -1.60. The molecule has 1 fully saturated rings. The van der Waals surface area contributed by atoms with E-state index in [1.165, 1.54) is 0 Å². The van der Waals surface area contributed by atoms with E-state index in [-0.39, 0.29) is 5.91 Å². The quantitative estimate of drug-likeness (QED) is 0.831. The predicted molar refractivity (Wildman–Crippen MR) is 98.3 cm³/mol. The molecule has 25 heavy (non-hydrogen) atoms. The molecule has 1 aliphatic heterocycles. The third-order valence-corrected chi connectivity index (χ3v) is 4.84. The average molecular weight is 383 g/mol. The SMILES string of the molecule is Cc1onc(-c2c(Cl)cccc2Cl)c1C(=O)NCCN1CCNCC1. The van der Waals surface area contributed by atoms with E-state index in [0.717, 1.165) is 32.7 Å². The first kappa shape index (κ1) is 18.2. The highest BCUT2D eigenvalue weighted by molar-refractivity contribution is 6.39. The lowest BCUT2D eigenvalue weighted by atomic mass is 10.1. The maximum Gasteiger partial charge on any atom is 0.257 e. The van der Waals surface area contributed by atoms with Crippen LogP contribution in [0.1, 0.15) is 16.1 Å². The van der Waals surface area contributed by atoms with Crippen molar-refractivity contribution in [1.82, 2.24) is 20.7 Å². The number of carbonyl (C=O) groups is 1. The van der Waals surface area contributed by atoms with Crippen LogP contribution in [0.3, 0.4) is 0 Å². The zero-order valence-corrected chi connectivity index (χ0v) is 15.5. The lowest BCUT2D eigenvalue weighted by Crippen LogP contribution is -2.46. The molecule has 1 amide bonds. The first-order chi connectivity index (χ1) is 12.1. The predicted octanol–water partition coefficient (Wildman–Crippen LogP) is 2.59. The van der Waals surface area contributed by atoms with Gasteiger partial charge in [0.15, 0.2) is 0 Å². The zero-order chi connectivity index (χ0) is 17.8. The van der Waals surface area contributed by atoms with E-state index in [0.29, 0.717) is 39.2 Å². The van der Waals surface area contributed by atoms with Gasteiger partial charge >= 0.3 is 0 Å². The molecule has 0 radical (unpaired) electrons. The van der Waals surface area contributed by atoms with Gasteiger partial charge in [0.05, 0.1) is 10.0 Å². The van der Waals surface area contributed by atoms with Crippen molar-refractivity contribution in [1.29, 1.82) is 0 Å². The average Bonchev–Trinajstić information content (AvgIpc) is 2.97. The maximum absolute atomic E-state index is 12.7. The lowest BCUT2D eigenvalue weighted by Gasteiger charge is -2.27. The fourth-order valence-corrected chi connectivity index (χ4v) is 3.46. The van der Waals surface area contributed by atoms with Crippen molar-refractivity contribution in [3.63, 3.8) is 0 Å². The third kappa shape index (κ3) is 4.15. The molecule has 0 saturated carbocycles. The number of nitrogens with one attached hydrogen (secondary N) is 2. The standard InChI is InChI=1S/C17H20Cl2N4O2/c1-11-14(17(24)21-7-10-23-8-5-20-6-9-23)16(22-25-11)15-12(18)3-2-4-13(15)19/h2-4,20H,5-10H2,1H3,(H,21,24). The van der Waals surface area contributed by atoms with Gasteiger partial charge in [-0.1, -0.05) is 34.4 Å². The molecule has 6 nitrogen and oxygen atoms in total. The highest BCUT2D eigenvalue weighted by Crippen LogP contribution is 2.36. The second kappa shape index (κ2) is 8.19. The summed E-state index contributed by atoms with van der Waals surface area (Å²) in [6, 6.07) is 5.16. The first-order valence-electron chi connectivity index (χ1n) is 8.20. The van der Waals surface area contributed by atoms with Gasteiger partial charge in [0.25, 0.3) is 5.91 Å². The van der Waals surface area contributed by atoms with Gasteiger partial charge < -0.3 is 15.2 Å². The monoisotopic (exact) mass is 382 g/mol. The van der Waals surface area contributed by atoms with Crippen LogP contribution in [0.5, 0.6) is 0 Å². The van der Waals surface area contributed by atoms with Crippen molar-refractivity contribution < 1.29 is 9.32 Å². The summed E-state index contributed by atoms with van der Waals surface area (Å²) in [6.07, 6.45) is 0. The van der Waals surface area contributed by atoms with Crippen LogP contribution < -0.4 is 10.6 Å².